The van der Waals surface area contributed by atoms with Gasteiger partial charge in [-0.25, -0.2) is 9.37 Å². The van der Waals surface area contributed by atoms with Gasteiger partial charge in [0.2, 0.25) is 11.8 Å². The Morgan fingerprint density at radius 2 is 1.60 bits per heavy atom. The fourth-order valence-electron chi connectivity index (χ4n) is 6.19. The van der Waals surface area contributed by atoms with Crippen molar-refractivity contribution in [3.8, 4) is 0 Å². The van der Waals surface area contributed by atoms with Crippen LogP contribution in [0.5, 0.6) is 0 Å². The Morgan fingerprint density at radius 1 is 0.900 bits per heavy atom. The molecule has 11 nitrogen and oxygen atoms in total. The van der Waals surface area contributed by atoms with Gasteiger partial charge in [-0.3, -0.25) is 34.3 Å². The number of halogens is 1. The zero-order valence-corrected chi connectivity index (χ0v) is 22.1. The van der Waals surface area contributed by atoms with Crippen LogP contribution in [0, 0.1) is 11.7 Å². The molecule has 0 spiro atoms. The normalized spacial score (nSPS) is 22.6. The summed E-state index contributed by atoms with van der Waals surface area (Å²) in [6.45, 7) is 5.62. The Labute approximate surface area is 231 Å². The van der Waals surface area contributed by atoms with Crippen LogP contribution >= 0.6 is 0 Å². The second-order valence-corrected chi connectivity index (χ2v) is 11.0. The van der Waals surface area contributed by atoms with E-state index in [0.717, 1.165) is 62.3 Å². The maximum Gasteiger partial charge on any atom is 0.262 e. The molecule has 2 aromatic rings. The summed E-state index contributed by atoms with van der Waals surface area (Å²) in [5.74, 6) is -1.49. The lowest BCUT2D eigenvalue weighted by atomic mass is 9.96. The number of pyridine rings is 1. The molecule has 3 N–H and O–H groups in total. The number of nitrogens with one attached hydrogen (secondary N) is 1. The maximum absolute atomic E-state index is 15.2. The Morgan fingerprint density at radius 3 is 2.25 bits per heavy atom. The highest BCUT2D eigenvalue weighted by Gasteiger charge is 2.45. The zero-order valence-electron chi connectivity index (χ0n) is 22.1. The first-order valence-corrected chi connectivity index (χ1v) is 13.8. The van der Waals surface area contributed by atoms with E-state index in [2.05, 4.69) is 20.1 Å². The van der Waals surface area contributed by atoms with Crippen LogP contribution in [0.15, 0.2) is 30.5 Å². The second kappa shape index (κ2) is 10.5. The van der Waals surface area contributed by atoms with Crippen LogP contribution in [0.25, 0.3) is 0 Å². The number of nitrogens with zero attached hydrogens (tertiary/aromatic N) is 5. The monoisotopic (exact) mass is 549 g/mol. The summed E-state index contributed by atoms with van der Waals surface area (Å²) in [5, 5.41) is 2.17. The molecule has 0 bridgehead atoms. The standard InChI is InChI=1S/C28H32FN7O4/c29-21-13-19-20(28(40)36(27(19)39)22-2-4-25(37)32-26(22)38)14-23(21)34-11-9-33(10-12-34)16-17-5-7-35(8-6-17)24-3-1-18(30)15-31-24/h1,3,13-15,17,22H,2,4-12,16,30H2,(H,32,37,38). The number of aromatic nitrogens is 1. The van der Waals surface area contributed by atoms with E-state index < -0.39 is 35.5 Å². The van der Waals surface area contributed by atoms with E-state index in [0.29, 0.717) is 24.7 Å². The first-order valence-electron chi connectivity index (χ1n) is 13.8. The van der Waals surface area contributed by atoms with E-state index in [-0.39, 0.29) is 29.7 Å². The average molecular weight is 550 g/mol. The van der Waals surface area contributed by atoms with Gasteiger partial charge in [-0.05, 0) is 49.4 Å². The summed E-state index contributed by atoms with van der Waals surface area (Å²) < 4.78 is 15.2. The van der Waals surface area contributed by atoms with Crippen LogP contribution in [-0.2, 0) is 9.59 Å². The van der Waals surface area contributed by atoms with Crippen LogP contribution in [-0.4, -0.2) is 90.3 Å². The van der Waals surface area contributed by atoms with Crippen molar-refractivity contribution in [3.05, 3.63) is 47.4 Å². The van der Waals surface area contributed by atoms with E-state index in [1.165, 1.54) is 6.07 Å². The third-order valence-corrected chi connectivity index (χ3v) is 8.45. The van der Waals surface area contributed by atoms with Gasteiger partial charge < -0.3 is 15.5 Å². The van der Waals surface area contributed by atoms with Crippen molar-refractivity contribution >= 4 is 40.8 Å². The number of piperazine rings is 1. The topological polar surface area (TPSA) is 132 Å². The number of benzene rings is 1. The molecule has 1 aromatic carbocycles. The van der Waals surface area contributed by atoms with Gasteiger partial charge in [-0.15, -0.1) is 0 Å². The highest BCUT2D eigenvalue weighted by atomic mass is 19.1. The molecule has 1 unspecified atom stereocenters. The largest absolute Gasteiger partial charge is 0.397 e. The fourth-order valence-corrected chi connectivity index (χ4v) is 6.19. The van der Waals surface area contributed by atoms with Gasteiger partial charge in [0.1, 0.15) is 17.7 Å². The lowest BCUT2D eigenvalue weighted by molar-refractivity contribution is -0.136. The van der Waals surface area contributed by atoms with E-state index in [1.807, 2.05) is 17.0 Å². The number of hydrogen-bond donors (Lipinski definition) is 2. The molecule has 1 aromatic heterocycles. The molecule has 1 atom stereocenters. The predicted molar refractivity (Wildman–Crippen MR) is 145 cm³/mol. The number of rotatable bonds is 5. The van der Waals surface area contributed by atoms with Crippen molar-refractivity contribution in [3.63, 3.8) is 0 Å². The second-order valence-electron chi connectivity index (χ2n) is 11.0. The summed E-state index contributed by atoms with van der Waals surface area (Å²) in [7, 11) is 0. The van der Waals surface area contributed by atoms with Gasteiger partial charge in [0.05, 0.1) is 28.7 Å². The van der Waals surface area contributed by atoms with Crippen molar-refractivity contribution in [2.24, 2.45) is 5.92 Å². The smallest absolute Gasteiger partial charge is 0.262 e. The van der Waals surface area contributed by atoms with Crippen molar-refractivity contribution in [2.45, 2.75) is 31.7 Å². The van der Waals surface area contributed by atoms with Crippen molar-refractivity contribution in [1.29, 1.82) is 0 Å². The Hall–Kier alpha value is -4.06. The Kier molecular flexibility index (Phi) is 6.87. The molecule has 5 heterocycles. The molecule has 0 aliphatic carbocycles. The number of nitrogens with two attached hydrogens (primary N) is 1. The van der Waals surface area contributed by atoms with Crippen molar-refractivity contribution < 1.29 is 23.6 Å². The minimum Gasteiger partial charge on any atom is -0.397 e. The number of nitrogen functional groups attached to an aromatic ring is 1. The average Bonchev–Trinajstić information content (AvgIpc) is 3.18. The van der Waals surface area contributed by atoms with Crippen LogP contribution in [0.4, 0.5) is 21.6 Å². The highest BCUT2D eigenvalue weighted by Crippen LogP contribution is 2.33. The molecule has 0 radical (unpaired) electrons. The third-order valence-electron chi connectivity index (χ3n) is 8.45. The predicted octanol–water partition coefficient (Wildman–Crippen LogP) is 1.24. The number of carbonyl (C=O) groups is 4. The van der Waals surface area contributed by atoms with Gasteiger partial charge in [0, 0.05) is 52.2 Å². The molecule has 4 amide bonds. The number of fused-ring (bicyclic) bond motifs is 1. The van der Waals surface area contributed by atoms with Gasteiger partial charge in [0.15, 0.2) is 0 Å². The number of carbonyl (C=O) groups excluding carboxylic acids is 4. The Bertz CT molecular complexity index is 1350. The molecule has 6 rings (SSSR count). The van der Waals surface area contributed by atoms with Gasteiger partial charge in [0.25, 0.3) is 11.8 Å². The summed E-state index contributed by atoms with van der Waals surface area (Å²) in [6.07, 6.45) is 3.93. The maximum atomic E-state index is 15.2. The Balaban J connectivity index is 1.05. The number of imide groups is 2. The number of anilines is 3. The quantitative estimate of drug-likeness (QED) is 0.529. The van der Waals surface area contributed by atoms with E-state index in [9.17, 15) is 19.2 Å². The van der Waals surface area contributed by atoms with Crippen LogP contribution in [0.1, 0.15) is 46.4 Å². The SMILES string of the molecule is Nc1ccc(N2CCC(CN3CCN(c4cc5c(cc4F)C(=O)N(C4CCC(=O)NC4=O)C5=O)CC3)CC2)nc1. The highest BCUT2D eigenvalue weighted by molar-refractivity contribution is 6.23. The molecule has 4 aliphatic heterocycles. The molecular weight excluding hydrogens is 517 g/mol. The molecule has 210 valence electrons. The number of amides is 4. The van der Waals surface area contributed by atoms with Gasteiger partial charge in [-0.2, -0.15) is 0 Å². The minimum atomic E-state index is -1.07. The molecule has 0 saturated carbocycles. The molecule has 3 fully saturated rings. The third kappa shape index (κ3) is 4.87. The first-order chi connectivity index (χ1) is 19.3. The van der Waals surface area contributed by atoms with E-state index in [4.69, 9.17) is 5.73 Å². The molecule has 40 heavy (non-hydrogen) atoms. The summed E-state index contributed by atoms with van der Waals surface area (Å²) in [4.78, 5) is 61.8. The van der Waals surface area contributed by atoms with Crippen LogP contribution in [0.2, 0.25) is 0 Å². The summed E-state index contributed by atoms with van der Waals surface area (Å²) >= 11 is 0. The first kappa shape index (κ1) is 26.2. The number of hydrogen-bond acceptors (Lipinski definition) is 9. The number of piperidine rings is 2. The van der Waals surface area contributed by atoms with Crippen LogP contribution < -0.4 is 20.9 Å². The fraction of sp³-hybridized carbons (Fsp3) is 0.464. The molecule has 12 heteroatoms. The lowest BCUT2D eigenvalue weighted by Gasteiger charge is -2.40. The zero-order chi connectivity index (χ0) is 28.0. The summed E-state index contributed by atoms with van der Waals surface area (Å²) in [6, 6.07) is 5.30. The van der Waals surface area contributed by atoms with Crippen LogP contribution in [0.3, 0.4) is 0 Å². The summed E-state index contributed by atoms with van der Waals surface area (Å²) in [5.41, 5.74) is 6.74. The van der Waals surface area contributed by atoms with Crippen molar-refractivity contribution in [2.75, 3.05) is 61.3 Å². The molecule has 3 saturated heterocycles. The van der Waals surface area contributed by atoms with Gasteiger partial charge in [-0.1, -0.05) is 0 Å². The van der Waals surface area contributed by atoms with Crippen molar-refractivity contribution in [1.82, 2.24) is 20.1 Å². The molecule has 4 aliphatic rings. The van der Waals surface area contributed by atoms with E-state index in [1.54, 1.807) is 6.20 Å². The lowest BCUT2D eigenvalue weighted by Crippen LogP contribution is -2.54. The minimum absolute atomic E-state index is 0.0343. The van der Waals surface area contributed by atoms with E-state index >= 15 is 4.39 Å². The van der Waals surface area contributed by atoms with Gasteiger partial charge >= 0.3 is 0 Å². The molecular formula is C28H32FN7O4.